The number of nitrogens with zero attached hydrogens (tertiary/aromatic N) is 1. The summed E-state index contributed by atoms with van der Waals surface area (Å²) in [6, 6.07) is 4.64. The zero-order valence-electron chi connectivity index (χ0n) is 10.4. The summed E-state index contributed by atoms with van der Waals surface area (Å²) in [5.74, 6) is -0.856. The molecule has 0 N–H and O–H groups in total. The van der Waals surface area contributed by atoms with Crippen LogP contribution in [0.2, 0.25) is 0 Å². The van der Waals surface area contributed by atoms with Crippen LogP contribution in [0.25, 0.3) is 0 Å². The number of halogens is 3. The Morgan fingerprint density at radius 2 is 1.94 bits per heavy atom. The molecule has 1 aromatic carbocycles. The van der Waals surface area contributed by atoms with Gasteiger partial charge in [0, 0.05) is 19.2 Å². The molecule has 0 atom stereocenters. The standard InChI is InChI=1S/C13H16F3NO/c1-4-17(5-2)10(3)13(15,16)18-12-8-6-7-11(14)9-12/h6-9H,3-5H2,1-2H3. The van der Waals surface area contributed by atoms with Gasteiger partial charge in [-0.25, -0.2) is 4.39 Å². The highest BCUT2D eigenvalue weighted by Gasteiger charge is 2.38. The number of likely N-dealkylation sites (N-methyl/N-ethyl adjacent to an activating group) is 1. The van der Waals surface area contributed by atoms with Gasteiger partial charge in [-0.15, -0.1) is 0 Å². The van der Waals surface area contributed by atoms with Crippen LogP contribution in [-0.2, 0) is 0 Å². The van der Waals surface area contributed by atoms with Gasteiger partial charge < -0.3 is 9.64 Å². The summed E-state index contributed by atoms with van der Waals surface area (Å²) in [6.07, 6.45) is -3.56. The van der Waals surface area contributed by atoms with E-state index in [1.165, 1.54) is 17.0 Å². The van der Waals surface area contributed by atoms with Crippen LogP contribution in [0.5, 0.6) is 5.75 Å². The summed E-state index contributed by atoms with van der Waals surface area (Å²) < 4.78 is 44.9. The van der Waals surface area contributed by atoms with Gasteiger partial charge in [-0.05, 0) is 26.0 Å². The molecule has 0 fully saturated rings. The monoisotopic (exact) mass is 259 g/mol. The van der Waals surface area contributed by atoms with Gasteiger partial charge in [-0.2, -0.15) is 8.78 Å². The summed E-state index contributed by atoms with van der Waals surface area (Å²) in [5, 5.41) is 0. The highest BCUT2D eigenvalue weighted by atomic mass is 19.3. The molecule has 0 aromatic heterocycles. The third kappa shape index (κ3) is 3.42. The van der Waals surface area contributed by atoms with Crippen LogP contribution in [0.15, 0.2) is 36.5 Å². The molecule has 0 aliphatic heterocycles. The third-order valence-electron chi connectivity index (χ3n) is 2.52. The molecular formula is C13H16F3NO. The van der Waals surface area contributed by atoms with Gasteiger partial charge in [0.15, 0.2) is 0 Å². The molecule has 0 aliphatic rings. The molecule has 0 saturated heterocycles. The predicted molar refractivity (Wildman–Crippen MR) is 64.0 cm³/mol. The first kappa shape index (κ1) is 14.4. The maximum Gasteiger partial charge on any atom is 0.441 e. The smallest absolute Gasteiger partial charge is 0.428 e. The van der Waals surface area contributed by atoms with Crippen molar-refractivity contribution in [2.24, 2.45) is 0 Å². The van der Waals surface area contributed by atoms with Gasteiger partial charge in [-0.3, -0.25) is 0 Å². The Kier molecular flexibility index (Phi) is 4.64. The molecule has 0 spiro atoms. The lowest BCUT2D eigenvalue weighted by Crippen LogP contribution is -2.37. The van der Waals surface area contributed by atoms with Gasteiger partial charge in [-0.1, -0.05) is 12.6 Å². The Labute approximate surface area is 105 Å². The number of hydrogen-bond donors (Lipinski definition) is 0. The molecule has 1 rings (SSSR count). The zero-order chi connectivity index (χ0) is 13.8. The zero-order valence-corrected chi connectivity index (χ0v) is 10.4. The minimum atomic E-state index is -3.56. The van der Waals surface area contributed by atoms with Crippen LogP contribution in [0, 0.1) is 5.82 Å². The van der Waals surface area contributed by atoms with Gasteiger partial charge >= 0.3 is 6.11 Å². The van der Waals surface area contributed by atoms with E-state index in [2.05, 4.69) is 11.3 Å². The molecule has 0 saturated carbocycles. The number of alkyl halides is 2. The van der Waals surface area contributed by atoms with E-state index < -0.39 is 17.6 Å². The van der Waals surface area contributed by atoms with Crippen molar-refractivity contribution in [1.29, 1.82) is 0 Å². The van der Waals surface area contributed by atoms with Gasteiger partial charge in [0.05, 0.1) is 0 Å². The molecule has 0 aliphatic carbocycles. The SMILES string of the molecule is C=C(N(CC)CC)C(F)(F)Oc1cccc(F)c1. The first-order valence-corrected chi connectivity index (χ1v) is 5.67. The molecule has 2 nitrogen and oxygen atoms in total. The highest BCUT2D eigenvalue weighted by Crippen LogP contribution is 2.29. The van der Waals surface area contributed by atoms with Gasteiger partial charge in [0.1, 0.15) is 17.3 Å². The third-order valence-corrected chi connectivity index (χ3v) is 2.52. The number of hydrogen-bond acceptors (Lipinski definition) is 2. The summed E-state index contributed by atoms with van der Waals surface area (Å²) in [5.41, 5.74) is -0.434. The van der Waals surface area contributed by atoms with E-state index in [0.717, 1.165) is 12.1 Å². The van der Waals surface area contributed by atoms with E-state index in [0.29, 0.717) is 13.1 Å². The van der Waals surface area contributed by atoms with E-state index in [-0.39, 0.29) is 5.75 Å². The highest BCUT2D eigenvalue weighted by molar-refractivity contribution is 5.24. The first-order valence-electron chi connectivity index (χ1n) is 5.67. The minimum absolute atomic E-state index is 0.228. The molecule has 0 heterocycles. The average molecular weight is 259 g/mol. The molecular weight excluding hydrogens is 243 g/mol. The largest absolute Gasteiger partial charge is 0.441 e. The molecule has 0 radical (unpaired) electrons. The van der Waals surface area contributed by atoms with Crippen molar-refractivity contribution in [3.8, 4) is 5.75 Å². The Bertz CT molecular complexity index is 416. The molecule has 5 heteroatoms. The Hall–Kier alpha value is -1.65. The normalized spacial score (nSPS) is 11.2. The second-order valence-corrected chi connectivity index (χ2v) is 3.70. The van der Waals surface area contributed by atoms with Crippen LogP contribution in [0.1, 0.15) is 13.8 Å². The second kappa shape index (κ2) is 5.80. The minimum Gasteiger partial charge on any atom is -0.428 e. The van der Waals surface area contributed by atoms with E-state index >= 15 is 0 Å². The van der Waals surface area contributed by atoms with E-state index in [1.54, 1.807) is 13.8 Å². The molecule has 18 heavy (non-hydrogen) atoms. The maximum absolute atomic E-state index is 13.8. The summed E-state index contributed by atoms with van der Waals surface area (Å²) in [4.78, 5) is 1.39. The topological polar surface area (TPSA) is 12.5 Å². The fraction of sp³-hybridized carbons (Fsp3) is 0.385. The molecule has 0 bridgehead atoms. The van der Waals surface area contributed by atoms with Crippen molar-refractivity contribution in [2.45, 2.75) is 20.0 Å². The van der Waals surface area contributed by atoms with Gasteiger partial charge in [0.2, 0.25) is 0 Å². The number of benzene rings is 1. The maximum atomic E-state index is 13.8. The van der Waals surface area contributed by atoms with Crippen molar-refractivity contribution in [2.75, 3.05) is 13.1 Å². The summed E-state index contributed by atoms with van der Waals surface area (Å²) in [6.45, 7) is 7.63. The van der Waals surface area contributed by atoms with Crippen LogP contribution >= 0.6 is 0 Å². The van der Waals surface area contributed by atoms with Crippen molar-refractivity contribution in [3.63, 3.8) is 0 Å². The van der Waals surface area contributed by atoms with Crippen molar-refractivity contribution in [3.05, 3.63) is 42.4 Å². The summed E-state index contributed by atoms with van der Waals surface area (Å²) >= 11 is 0. The summed E-state index contributed by atoms with van der Waals surface area (Å²) in [7, 11) is 0. The lowest BCUT2D eigenvalue weighted by molar-refractivity contribution is -0.157. The quantitative estimate of drug-likeness (QED) is 0.773. The lowest BCUT2D eigenvalue weighted by Gasteiger charge is -2.29. The van der Waals surface area contributed by atoms with Crippen LogP contribution in [0.3, 0.4) is 0 Å². The van der Waals surface area contributed by atoms with Crippen molar-refractivity contribution in [1.82, 2.24) is 4.90 Å². The Morgan fingerprint density at radius 1 is 1.33 bits per heavy atom. The van der Waals surface area contributed by atoms with Crippen molar-refractivity contribution >= 4 is 0 Å². The van der Waals surface area contributed by atoms with Crippen molar-refractivity contribution < 1.29 is 17.9 Å². The fourth-order valence-electron chi connectivity index (χ4n) is 1.53. The van der Waals surface area contributed by atoms with Crippen LogP contribution < -0.4 is 4.74 Å². The Balaban J connectivity index is 2.84. The molecule has 1 aromatic rings. The number of rotatable bonds is 6. The van der Waals surface area contributed by atoms with Crippen LogP contribution in [0.4, 0.5) is 13.2 Å². The van der Waals surface area contributed by atoms with E-state index in [1.807, 2.05) is 0 Å². The average Bonchev–Trinajstić information content (AvgIpc) is 2.29. The second-order valence-electron chi connectivity index (χ2n) is 3.70. The fourth-order valence-corrected chi connectivity index (χ4v) is 1.53. The molecule has 0 unspecified atom stereocenters. The molecule has 100 valence electrons. The van der Waals surface area contributed by atoms with Crippen LogP contribution in [-0.4, -0.2) is 24.1 Å². The Morgan fingerprint density at radius 3 is 2.44 bits per heavy atom. The van der Waals surface area contributed by atoms with E-state index in [9.17, 15) is 13.2 Å². The first-order chi connectivity index (χ1) is 8.40. The van der Waals surface area contributed by atoms with Gasteiger partial charge in [0.25, 0.3) is 0 Å². The molecule has 0 amide bonds. The van der Waals surface area contributed by atoms with E-state index in [4.69, 9.17) is 0 Å². The number of ether oxygens (including phenoxy) is 1. The lowest BCUT2D eigenvalue weighted by atomic mass is 10.3. The predicted octanol–water partition coefficient (Wildman–Crippen LogP) is 3.65.